The lowest BCUT2D eigenvalue weighted by Gasteiger charge is -2.43. The molecule has 0 radical (unpaired) electrons. The standard InChI is InChI=1S/C23H30FN3O.CH4/c1-26-11-13-27(14-12-26)17-19-15-18(7-8-22(19)28)16-25-23(9-4-10-23)20-5-2-3-6-21(20)24;/h2-3,5-8,15,25,28H,4,9-14,16-17H2,1H3;1H4. The lowest BCUT2D eigenvalue weighted by molar-refractivity contribution is 0.147. The van der Waals surface area contributed by atoms with Crippen LogP contribution in [0.3, 0.4) is 0 Å². The Morgan fingerprint density at radius 3 is 2.45 bits per heavy atom. The largest absolute Gasteiger partial charge is 0.508 e. The Bertz CT molecular complexity index is 814. The van der Waals surface area contributed by atoms with Crippen LogP contribution in [0, 0.1) is 5.82 Å². The van der Waals surface area contributed by atoms with Crippen molar-refractivity contribution in [1.29, 1.82) is 0 Å². The van der Waals surface area contributed by atoms with Gasteiger partial charge in [-0.3, -0.25) is 4.90 Å². The maximum atomic E-state index is 14.4. The molecule has 0 amide bonds. The smallest absolute Gasteiger partial charge is 0.128 e. The molecule has 1 heterocycles. The van der Waals surface area contributed by atoms with E-state index in [1.807, 2.05) is 18.2 Å². The fraction of sp³-hybridized carbons (Fsp3) is 0.500. The van der Waals surface area contributed by atoms with Gasteiger partial charge in [0.05, 0.1) is 0 Å². The lowest BCUT2D eigenvalue weighted by atomic mass is 9.71. The van der Waals surface area contributed by atoms with Crippen molar-refractivity contribution in [3.05, 3.63) is 65.0 Å². The zero-order valence-corrected chi connectivity index (χ0v) is 16.6. The van der Waals surface area contributed by atoms with Gasteiger partial charge in [0.2, 0.25) is 0 Å². The predicted octanol–water partition coefficient (Wildman–Crippen LogP) is 4.08. The van der Waals surface area contributed by atoms with Crippen LogP contribution < -0.4 is 5.32 Å². The molecule has 4 rings (SSSR count). The molecular formula is C24H34FN3O. The number of phenolic OH excluding ortho intramolecular Hbond substituents is 1. The molecule has 29 heavy (non-hydrogen) atoms. The van der Waals surface area contributed by atoms with Crippen molar-refractivity contribution in [2.75, 3.05) is 33.2 Å². The predicted molar refractivity (Wildman–Crippen MR) is 116 cm³/mol. The maximum absolute atomic E-state index is 14.4. The summed E-state index contributed by atoms with van der Waals surface area (Å²) in [4.78, 5) is 4.72. The highest BCUT2D eigenvalue weighted by atomic mass is 19.1. The number of hydrogen-bond acceptors (Lipinski definition) is 4. The number of phenols is 1. The molecule has 5 heteroatoms. The van der Waals surface area contributed by atoms with Crippen molar-refractivity contribution in [2.24, 2.45) is 0 Å². The minimum Gasteiger partial charge on any atom is -0.508 e. The molecule has 0 bridgehead atoms. The van der Waals surface area contributed by atoms with E-state index in [0.29, 0.717) is 12.3 Å². The van der Waals surface area contributed by atoms with E-state index in [2.05, 4.69) is 28.2 Å². The van der Waals surface area contributed by atoms with Crippen LogP contribution in [0.2, 0.25) is 0 Å². The van der Waals surface area contributed by atoms with Gasteiger partial charge >= 0.3 is 0 Å². The summed E-state index contributed by atoms with van der Waals surface area (Å²) in [6, 6.07) is 12.9. The molecule has 2 aromatic carbocycles. The third kappa shape index (κ3) is 4.80. The van der Waals surface area contributed by atoms with Gasteiger partial charge in [-0.05, 0) is 50.1 Å². The van der Waals surface area contributed by atoms with Gasteiger partial charge in [-0.25, -0.2) is 4.39 Å². The summed E-state index contributed by atoms with van der Waals surface area (Å²) in [6.07, 6.45) is 3.03. The molecule has 2 fully saturated rings. The topological polar surface area (TPSA) is 38.7 Å². The first-order valence-electron chi connectivity index (χ1n) is 10.3. The molecule has 4 nitrogen and oxygen atoms in total. The van der Waals surface area contributed by atoms with Crippen molar-refractivity contribution in [3.63, 3.8) is 0 Å². The Kier molecular flexibility index (Phi) is 6.93. The quantitative estimate of drug-likeness (QED) is 0.768. The number of aromatic hydroxyl groups is 1. The molecule has 2 N–H and O–H groups in total. The molecule has 1 aliphatic carbocycles. The normalized spacial score (nSPS) is 19.4. The van der Waals surface area contributed by atoms with E-state index in [4.69, 9.17) is 0 Å². The van der Waals surface area contributed by atoms with Crippen molar-refractivity contribution in [1.82, 2.24) is 15.1 Å². The zero-order valence-electron chi connectivity index (χ0n) is 16.6. The molecule has 2 aromatic rings. The maximum Gasteiger partial charge on any atom is 0.128 e. The van der Waals surface area contributed by atoms with E-state index < -0.39 is 0 Å². The number of halogens is 1. The molecule has 0 atom stereocenters. The van der Waals surface area contributed by atoms with Crippen LogP contribution in [0.25, 0.3) is 0 Å². The number of hydrogen-bond donors (Lipinski definition) is 2. The van der Waals surface area contributed by atoms with Crippen LogP contribution in [0.15, 0.2) is 42.5 Å². The molecule has 0 unspecified atom stereocenters. The van der Waals surface area contributed by atoms with Gasteiger partial charge in [-0.15, -0.1) is 0 Å². The molecule has 0 aromatic heterocycles. The summed E-state index contributed by atoms with van der Waals surface area (Å²) in [5.74, 6) is 0.228. The molecule has 2 aliphatic rings. The van der Waals surface area contributed by atoms with E-state index in [-0.39, 0.29) is 18.8 Å². The van der Waals surface area contributed by atoms with Gasteiger partial charge < -0.3 is 15.3 Å². The molecule has 1 saturated heterocycles. The molecule has 0 spiro atoms. The lowest BCUT2D eigenvalue weighted by Crippen LogP contribution is -2.48. The Morgan fingerprint density at radius 1 is 1.07 bits per heavy atom. The Morgan fingerprint density at radius 2 is 1.79 bits per heavy atom. The van der Waals surface area contributed by atoms with Crippen LogP contribution in [0.4, 0.5) is 4.39 Å². The number of rotatable bonds is 6. The SMILES string of the molecule is C.CN1CCN(Cc2cc(CNC3(c4ccccc4F)CCC3)ccc2O)CC1. The highest BCUT2D eigenvalue weighted by Crippen LogP contribution is 2.42. The second kappa shape index (κ2) is 9.24. The number of benzene rings is 2. The van der Waals surface area contributed by atoms with Crippen LogP contribution in [0.5, 0.6) is 5.75 Å². The van der Waals surface area contributed by atoms with Crippen molar-refractivity contribution < 1.29 is 9.50 Å². The molecule has 1 aliphatic heterocycles. The first-order chi connectivity index (χ1) is 13.6. The highest BCUT2D eigenvalue weighted by Gasteiger charge is 2.39. The van der Waals surface area contributed by atoms with Gasteiger partial charge in [0, 0.05) is 55.9 Å². The fourth-order valence-corrected chi connectivity index (χ4v) is 4.31. The fourth-order valence-electron chi connectivity index (χ4n) is 4.31. The average molecular weight is 400 g/mol. The van der Waals surface area contributed by atoms with Gasteiger partial charge in [-0.2, -0.15) is 0 Å². The first-order valence-corrected chi connectivity index (χ1v) is 10.3. The average Bonchev–Trinajstić information content (AvgIpc) is 2.66. The van der Waals surface area contributed by atoms with Crippen LogP contribution in [-0.2, 0) is 18.6 Å². The Balaban J connectivity index is 0.00000240. The Labute approximate surface area is 174 Å². The number of likely N-dealkylation sites (N-methyl/N-ethyl adjacent to an activating group) is 1. The summed E-state index contributed by atoms with van der Waals surface area (Å²) in [7, 11) is 2.15. The van der Waals surface area contributed by atoms with Crippen molar-refractivity contribution in [3.8, 4) is 5.75 Å². The molecule has 158 valence electrons. The van der Waals surface area contributed by atoms with Gasteiger partial charge in [0.15, 0.2) is 0 Å². The second-order valence-corrected chi connectivity index (χ2v) is 8.31. The van der Waals surface area contributed by atoms with E-state index in [9.17, 15) is 9.50 Å². The van der Waals surface area contributed by atoms with Gasteiger partial charge in [0.25, 0.3) is 0 Å². The zero-order chi connectivity index (χ0) is 19.6. The minimum atomic E-state index is -0.263. The van der Waals surface area contributed by atoms with Crippen LogP contribution in [-0.4, -0.2) is 48.1 Å². The number of piperazine rings is 1. The third-order valence-electron chi connectivity index (χ3n) is 6.36. The minimum absolute atomic E-state index is 0. The molecule has 1 saturated carbocycles. The van der Waals surface area contributed by atoms with Gasteiger partial charge in [0.1, 0.15) is 11.6 Å². The summed E-state index contributed by atoms with van der Waals surface area (Å²) >= 11 is 0. The van der Waals surface area contributed by atoms with Crippen LogP contribution >= 0.6 is 0 Å². The van der Waals surface area contributed by atoms with Gasteiger partial charge in [-0.1, -0.05) is 31.7 Å². The van der Waals surface area contributed by atoms with E-state index >= 15 is 0 Å². The van der Waals surface area contributed by atoms with E-state index in [1.165, 1.54) is 0 Å². The number of nitrogens with zero attached hydrogens (tertiary/aromatic N) is 2. The summed E-state index contributed by atoms with van der Waals surface area (Å²) in [6.45, 7) is 5.61. The number of nitrogens with one attached hydrogen (secondary N) is 1. The van der Waals surface area contributed by atoms with E-state index in [1.54, 1.807) is 18.2 Å². The highest BCUT2D eigenvalue weighted by molar-refractivity contribution is 5.37. The van der Waals surface area contributed by atoms with E-state index in [0.717, 1.165) is 68.7 Å². The van der Waals surface area contributed by atoms with Crippen LogP contribution in [0.1, 0.15) is 43.4 Å². The molecular weight excluding hydrogens is 365 g/mol. The monoisotopic (exact) mass is 399 g/mol. The second-order valence-electron chi connectivity index (χ2n) is 8.31. The summed E-state index contributed by atoms with van der Waals surface area (Å²) in [5.41, 5.74) is 2.61. The Hall–Kier alpha value is -1.95. The van der Waals surface area contributed by atoms with Crippen molar-refractivity contribution in [2.45, 2.75) is 45.3 Å². The third-order valence-corrected chi connectivity index (χ3v) is 6.36. The first kappa shape index (κ1) is 21.8. The summed E-state index contributed by atoms with van der Waals surface area (Å²) < 4.78 is 14.4. The van der Waals surface area contributed by atoms with Crippen molar-refractivity contribution >= 4 is 0 Å². The summed E-state index contributed by atoms with van der Waals surface area (Å²) in [5, 5.41) is 13.9.